The molecule has 0 fully saturated rings. The molecule has 88 valence electrons. The van der Waals surface area contributed by atoms with Gasteiger partial charge in [-0.3, -0.25) is 9.59 Å². The fourth-order valence-corrected chi connectivity index (χ4v) is 1.22. The minimum absolute atomic E-state index is 0.0530. The normalized spacial score (nSPS) is 13.4. The van der Waals surface area contributed by atoms with Gasteiger partial charge in [0.05, 0.1) is 6.04 Å². The van der Waals surface area contributed by atoms with Crippen molar-refractivity contribution < 1.29 is 9.59 Å². The van der Waals surface area contributed by atoms with Crippen molar-refractivity contribution in [1.82, 2.24) is 5.32 Å². The summed E-state index contributed by atoms with van der Waals surface area (Å²) in [5, 5.41) is 2.82. The van der Waals surface area contributed by atoms with Gasteiger partial charge in [0.25, 0.3) is 0 Å². The van der Waals surface area contributed by atoms with Gasteiger partial charge >= 0.3 is 0 Å². The molecule has 0 aliphatic rings. The first kappa shape index (κ1) is 14.1. The van der Waals surface area contributed by atoms with Gasteiger partial charge in [-0.25, -0.2) is 0 Å². The molecule has 1 unspecified atom stereocenters. The van der Waals surface area contributed by atoms with E-state index in [-0.39, 0.29) is 17.7 Å². The third kappa shape index (κ3) is 4.96. The lowest BCUT2D eigenvalue weighted by Gasteiger charge is -2.23. The minimum atomic E-state index is -0.431. The summed E-state index contributed by atoms with van der Waals surface area (Å²) >= 11 is 0. The van der Waals surface area contributed by atoms with Crippen LogP contribution in [0.5, 0.6) is 0 Å². The maximum atomic E-state index is 11.7. The topological polar surface area (TPSA) is 46.2 Å². The van der Waals surface area contributed by atoms with Crippen molar-refractivity contribution in [1.29, 1.82) is 0 Å². The number of carbonyl (C=O) groups excluding carboxylic acids is 2. The molecule has 0 aromatic heterocycles. The van der Waals surface area contributed by atoms with Gasteiger partial charge in [-0.2, -0.15) is 0 Å². The molecule has 0 aromatic rings. The van der Waals surface area contributed by atoms with Crippen LogP contribution in [0.15, 0.2) is 0 Å². The highest BCUT2D eigenvalue weighted by Gasteiger charge is 2.25. The van der Waals surface area contributed by atoms with Crippen LogP contribution < -0.4 is 5.32 Å². The molecule has 0 saturated carbocycles. The second kappa shape index (κ2) is 5.89. The van der Waals surface area contributed by atoms with Crippen LogP contribution in [-0.2, 0) is 9.59 Å². The first-order chi connectivity index (χ1) is 6.82. The average Bonchev–Trinajstić information content (AvgIpc) is 2.14. The second-order valence-electron chi connectivity index (χ2n) is 4.88. The molecule has 1 N–H and O–H groups in total. The van der Waals surface area contributed by atoms with E-state index in [9.17, 15) is 9.59 Å². The summed E-state index contributed by atoms with van der Waals surface area (Å²) < 4.78 is 0. The van der Waals surface area contributed by atoms with Gasteiger partial charge < -0.3 is 5.32 Å². The van der Waals surface area contributed by atoms with Gasteiger partial charge in [-0.05, 0) is 6.42 Å². The Morgan fingerprint density at radius 3 is 2.07 bits per heavy atom. The van der Waals surface area contributed by atoms with E-state index in [1.54, 1.807) is 0 Å². The molecule has 15 heavy (non-hydrogen) atoms. The van der Waals surface area contributed by atoms with Crippen molar-refractivity contribution in [3.05, 3.63) is 0 Å². The van der Waals surface area contributed by atoms with Gasteiger partial charge in [-0.1, -0.05) is 41.0 Å². The van der Waals surface area contributed by atoms with Crippen molar-refractivity contribution in [2.45, 2.75) is 59.9 Å². The Morgan fingerprint density at radius 2 is 1.73 bits per heavy atom. The number of Topliss-reactive ketones (excluding diaryl/α,β-unsaturated/α-hetero) is 1. The molecule has 0 aliphatic heterocycles. The molecular formula is C12H23NO2. The van der Waals surface area contributed by atoms with E-state index in [0.29, 0.717) is 6.42 Å². The summed E-state index contributed by atoms with van der Waals surface area (Å²) in [4.78, 5) is 23.3. The molecular weight excluding hydrogens is 190 g/mol. The Balaban J connectivity index is 4.42. The molecule has 0 rings (SSSR count). The first-order valence-electron chi connectivity index (χ1n) is 5.66. The molecule has 0 aromatic carbocycles. The van der Waals surface area contributed by atoms with Crippen LogP contribution in [0.1, 0.15) is 53.9 Å². The maximum Gasteiger partial charge on any atom is 0.225 e. The summed E-state index contributed by atoms with van der Waals surface area (Å²) in [6.45, 7) is 9.39. The van der Waals surface area contributed by atoms with Crippen LogP contribution in [0.4, 0.5) is 0 Å². The van der Waals surface area contributed by atoms with E-state index in [2.05, 4.69) is 5.32 Å². The van der Waals surface area contributed by atoms with E-state index in [4.69, 9.17) is 0 Å². The summed E-state index contributed by atoms with van der Waals surface area (Å²) in [6, 6.07) is -0.299. The molecule has 0 aliphatic carbocycles. The molecule has 3 heteroatoms. The Kier molecular flexibility index (Phi) is 5.55. The number of amides is 1. The Morgan fingerprint density at radius 1 is 1.20 bits per heavy atom. The standard InChI is InChI=1S/C12H23NO2/c1-6-8-9(10(14)7-2)13-11(15)12(3,4)5/h9H,6-8H2,1-5H3,(H,13,15). The molecule has 0 bridgehead atoms. The summed E-state index contributed by atoms with van der Waals surface area (Å²) in [6.07, 6.45) is 2.12. The Hall–Kier alpha value is -0.860. The summed E-state index contributed by atoms with van der Waals surface area (Å²) in [5.41, 5.74) is -0.431. The van der Waals surface area contributed by atoms with Crippen molar-refractivity contribution >= 4 is 11.7 Å². The smallest absolute Gasteiger partial charge is 0.225 e. The highest BCUT2D eigenvalue weighted by atomic mass is 16.2. The number of ketones is 1. The van der Waals surface area contributed by atoms with Crippen molar-refractivity contribution in [3.8, 4) is 0 Å². The monoisotopic (exact) mass is 213 g/mol. The zero-order valence-corrected chi connectivity index (χ0v) is 10.5. The number of carbonyl (C=O) groups is 2. The van der Waals surface area contributed by atoms with Gasteiger partial charge in [0, 0.05) is 11.8 Å². The number of rotatable bonds is 5. The van der Waals surface area contributed by atoms with Crippen LogP contribution in [0.25, 0.3) is 0 Å². The van der Waals surface area contributed by atoms with E-state index >= 15 is 0 Å². The van der Waals surface area contributed by atoms with Gasteiger partial charge in [-0.15, -0.1) is 0 Å². The second-order valence-corrected chi connectivity index (χ2v) is 4.88. The zero-order valence-electron chi connectivity index (χ0n) is 10.5. The number of hydrogen-bond acceptors (Lipinski definition) is 2. The molecule has 0 heterocycles. The summed E-state index contributed by atoms with van der Waals surface area (Å²) in [7, 11) is 0. The third-order valence-corrected chi connectivity index (χ3v) is 2.30. The Bertz CT molecular complexity index is 228. The average molecular weight is 213 g/mol. The van der Waals surface area contributed by atoms with Crippen LogP contribution >= 0.6 is 0 Å². The Labute approximate surface area is 92.6 Å². The van der Waals surface area contributed by atoms with E-state index in [0.717, 1.165) is 12.8 Å². The van der Waals surface area contributed by atoms with Crippen LogP contribution in [-0.4, -0.2) is 17.7 Å². The van der Waals surface area contributed by atoms with Crippen LogP contribution in [0, 0.1) is 5.41 Å². The quantitative estimate of drug-likeness (QED) is 0.761. The predicted octanol–water partition coefficient (Wildman–Crippen LogP) is 2.30. The third-order valence-electron chi connectivity index (χ3n) is 2.30. The fourth-order valence-electron chi connectivity index (χ4n) is 1.22. The van der Waals surface area contributed by atoms with E-state index in [1.165, 1.54) is 0 Å². The lowest BCUT2D eigenvalue weighted by Crippen LogP contribution is -2.45. The molecule has 1 amide bonds. The SMILES string of the molecule is CCCC(NC(=O)C(C)(C)C)C(=O)CC. The van der Waals surface area contributed by atoms with Crippen molar-refractivity contribution in [2.75, 3.05) is 0 Å². The van der Waals surface area contributed by atoms with Crippen molar-refractivity contribution in [3.63, 3.8) is 0 Å². The maximum absolute atomic E-state index is 11.7. The number of nitrogens with one attached hydrogen (secondary N) is 1. The highest BCUT2D eigenvalue weighted by Crippen LogP contribution is 2.14. The van der Waals surface area contributed by atoms with Crippen molar-refractivity contribution in [2.24, 2.45) is 5.41 Å². The fraction of sp³-hybridized carbons (Fsp3) is 0.833. The lowest BCUT2D eigenvalue weighted by atomic mass is 9.94. The van der Waals surface area contributed by atoms with Gasteiger partial charge in [0.15, 0.2) is 5.78 Å². The molecule has 0 spiro atoms. The molecule has 0 radical (unpaired) electrons. The minimum Gasteiger partial charge on any atom is -0.346 e. The zero-order chi connectivity index (χ0) is 12.1. The largest absolute Gasteiger partial charge is 0.346 e. The van der Waals surface area contributed by atoms with Crippen LogP contribution in [0.2, 0.25) is 0 Å². The molecule has 3 nitrogen and oxygen atoms in total. The van der Waals surface area contributed by atoms with Gasteiger partial charge in [0.2, 0.25) is 5.91 Å². The van der Waals surface area contributed by atoms with Crippen LogP contribution in [0.3, 0.4) is 0 Å². The molecule has 0 saturated heterocycles. The lowest BCUT2D eigenvalue weighted by molar-refractivity contribution is -0.132. The van der Waals surface area contributed by atoms with Gasteiger partial charge in [0.1, 0.15) is 0 Å². The highest BCUT2D eigenvalue weighted by molar-refractivity contribution is 5.90. The predicted molar refractivity (Wildman–Crippen MR) is 61.6 cm³/mol. The first-order valence-corrected chi connectivity index (χ1v) is 5.66. The number of hydrogen-bond donors (Lipinski definition) is 1. The van der Waals surface area contributed by atoms with E-state index in [1.807, 2.05) is 34.6 Å². The molecule has 1 atom stereocenters. The summed E-state index contributed by atoms with van der Waals surface area (Å²) in [5.74, 6) is 0.0669. The van der Waals surface area contributed by atoms with E-state index < -0.39 is 5.41 Å².